The molecule has 0 fully saturated rings. The average Bonchev–Trinajstić information content (AvgIpc) is 3.24. The van der Waals surface area contributed by atoms with Gasteiger partial charge in [-0.15, -0.1) is 12.4 Å². The number of rotatable bonds is 11. The highest BCUT2D eigenvalue weighted by molar-refractivity contribution is 5.98. The molecule has 7 rings (SSSR count). The molecule has 0 bridgehead atoms. The highest BCUT2D eigenvalue weighted by Gasteiger charge is 2.35. The molecule has 2 aliphatic rings. The highest BCUT2D eigenvalue weighted by atomic mass is 35.5. The van der Waals surface area contributed by atoms with Crippen molar-refractivity contribution in [2.24, 2.45) is 0 Å². The van der Waals surface area contributed by atoms with E-state index in [1.54, 1.807) is 42.5 Å². The van der Waals surface area contributed by atoms with Gasteiger partial charge >= 0.3 is 12.1 Å². The molecule has 5 aromatic rings. The molecule has 0 aromatic heterocycles. The van der Waals surface area contributed by atoms with Crippen molar-refractivity contribution in [3.63, 3.8) is 0 Å². The summed E-state index contributed by atoms with van der Waals surface area (Å²) in [6.45, 7) is 0.206. The van der Waals surface area contributed by atoms with Crippen molar-refractivity contribution in [3.05, 3.63) is 142 Å². The van der Waals surface area contributed by atoms with E-state index in [2.05, 4.69) is 22.0 Å². The van der Waals surface area contributed by atoms with Crippen LogP contribution in [-0.4, -0.2) is 44.1 Å². The number of nitrogens with zero attached hydrogens (tertiary/aromatic N) is 1. The molecule has 0 radical (unpaired) electrons. The Balaban J connectivity index is 0.00000585. The lowest BCUT2D eigenvalue weighted by Crippen LogP contribution is -2.53. The predicted octanol–water partition coefficient (Wildman–Crippen LogP) is 7.24. The van der Waals surface area contributed by atoms with E-state index >= 15 is 0 Å². The Morgan fingerprint density at radius 1 is 0.915 bits per heavy atom. The van der Waals surface area contributed by atoms with Crippen LogP contribution in [-0.2, 0) is 51.3 Å². The largest absolute Gasteiger partial charge is 0.496 e. The number of halogens is 4. The number of methoxy groups -OCH3 is 2. The van der Waals surface area contributed by atoms with Gasteiger partial charge < -0.3 is 34.9 Å². The van der Waals surface area contributed by atoms with Crippen LogP contribution in [0.25, 0.3) is 11.1 Å². The number of anilines is 1. The summed E-state index contributed by atoms with van der Waals surface area (Å²) in [5.74, 6) is -0.813. The zero-order valence-electron chi connectivity index (χ0n) is 31.7. The molecular formula is C44H38ClF3N4O7. The molecule has 2 heterocycles. The first-order valence-electron chi connectivity index (χ1n) is 18.2. The number of alkyl halides is 3. The Kier molecular flexibility index (Phi) is 12.8. The molecule has 2 amide bonds. The van der Waals surface area contributed by atoms with Crippen LogP contribution < -0.4 is 30.2 Å². The topological polar surface area (TPSA) is 148 Å². The maximum Gasteiger partial charge on any atom is 0.419 e. The summed E-state index contributed by atoms with van der Waals surface area (Å²) >= 11 is 0. The van der Waals surface area contributed by atoms with Gasteiger partial charge in [0.25, 0.3) is 5.91 Å². The van der Waals surface area contributed by atoms with Crippen molar-refractivity contribution in [2.45, 2.75) is 50.4 Å². The molecule has 1 unspecified atom stereocenters. The van der Waals surface area contributed by atoms with Crippen LogP contribution >= 0.6 is 12.4 Å². The number of ether oxygens (including phenoxy) is 4. The van der Waals surface area contributed by atoms with Crippen molar-refractivity contribution >= 4 is 35.9 Å². The van der Waals surface area contributed by atoms with Gasteiger partial charge in [-0.1, -0.05) is 54.6 Å². The summed E-state index contributed by atoms with van der Waals surface area (Å²) in [4.78, 5) is 39.5. The van der Waals surface area contributed by atoms with Crippen LogP contribution in [0.15, 0.2) is 103 Å². The third kappa shape index (κ3) is 9.60. The molecule has 0 spiro atoms. The summed E-state index contributed by atoms with van der Waals surface area (Å²) in [5, 5.41) is 18.0. The first-order valence-corrected chi connectivity index (χ1v) is 18.2. The van der Waals surface area contributed by atoms with Crippen LogP contribution in [0.5, 0.6) is 17.2 Å². The lowest BCUT2D eigenvalue weighted by Gasteiger charge is -2.31. The zero-order valence-corrected chi connectivity index (χ0v) is 32.5. The van der Waals surface area contributed by atoms with E-state index in [0.29, 0.717) is 40.4 Å². The number of hydrogen-bond acceptors (Lipinski definition) is 9. The number of carbonyl (C=O) groups is 3. The number of nitriles is 1. The van der Waals surface area contributed by atoms with Gasteiger partial charge in [-0.3, -0.25) is 9.59 Å². The third-order valence-electron chi connectivity index (χ3n) is 10.0. The minimum atomic E-state index is -4.58. The van der Waals surface area contributed by atoms with Gasteiger partial charge in [0.2, 0.25) is 12.0 Å². The van der Waals surface area contributed by atoms with E-state index in [9.17, 15) is 27.6 Å². The number of amides is 2. The van der Waals surface area contributed by atoms with E-state index < -0.39 is 41.8 Å². The van der Waals surface area contributed by atoms with Gasteiger partial charge in [0.05, 0.1) is 43.1 Å². The Labute approximate surface area is 343 Å². The Morgan fingerprint density at radius 3 is 2.24 bits per heavy atom. The van der Waals surface area contributed by atoms with Crippen LogP contribution in [0, 0.1) is 11.3 Å². The van der Waals surface area contributed by atoms with Gasteiger partial charge in [-0.25, -0.2) is 4.79 Å². The fourth-order valence-corrected chi connectivity index (χ4v) is 6.91. The van der Waals surface area contributed by atoms with Crippen LogP contribution in [0.4, 0.5) is 18.9 Å². The first kappa shape index (κ1) is 42.1. The van der Waals surface area contributed by atoms with E-state index in [1.807, 2.05) is 42.5 Å². The highest BCUT2D eigenvalue weighted by Crippen LogP contribution is 2.39. The standard InChI is InChI=1S/C44H37F3N4O7.ClH/c1-55-38-16-7-27(17-34(38)44(45,46)47)24-57-33-14-12-30(13-15-33)40-42(53)50-35-19-31-20-36(49-23-32(31)21-39(35)58-40)41(52)51-37(43(54)56-2)18-25-3-8-28(9-4-25)29-10-5-26(22-48)6-11-29;/h3-17,19,21,36-37,40,49H,18,20,23-24H2,1-2H3,(H,50,53)(H,51,52);1H/t36?,37-,40-;/m0./s1. The molecule has 0 aliphatic carbocycles. The summed E-state index contributed by atoms with van der Waals surface area (Å²) in [6.07, 6.45) is -5.07. The maximum absolute atomic E-state index is 13.5. The molecule has 5 aromatic carbocycles. The van der Waals surface area contributed by atoms with Gasteiger partial charge in [-0.05, 0) is 88.3 Å². The lowest BCUT2D eigenvalue weighted by atomic mass is 9.93. The molecule has 304 valence electrons. The number of carbonyl (C=O) groups excluding carboxylic acids is 3. The molecule has 2 aliphatic heterocycles. The van der Waals surface area contributed by atoms with Gasteiger partial charge in [-0.2, -0.15) is 18.4 Å². The van der Waals surface area contributed by atoms with E-state index in [4.69, 9.17) is 24.2 Å². The molecule has 59 heavy (non-hydrogen) atoms. The normalized spacial score (nSPS) is 16.0. The average molecular weight is 827 g/mol. The second-order valence-corrected chi connectivity index (χ2v) is 13.8. The van der Waals surface area contributed by atoms with Crippen molar-refractivity contribution in [1.29, 1.82) is 5.26 Å². The van der Waals surface area contributed by atoms with Gasteiger partial charge in [0, 0.05) is 18.5 Å². The minimum Gasteiger partial charge on any atom is -0.496 e. The Morgan fingerprint density at radius 2 is 1.59 bits per heavy atom. The predicted molar refractivity (Wildman–Crippen MR) is 213 cm³/mol. The van der Waals surface area contributed by atoms with Gasteiger partial charge in [0.15, 0.2) is 0 Å². The SMILES string of the molecule is COC(=O)[C@H](Cc1ccc(-c2ccc(C#N)cc2)cc1)NC(=O)C1Cc2cc3c(cc2CN1)O[C@@H](c1ccc(OCc2ccc(OC)c(C(F)(F)F)c2)cc1)C(=O)N3.Cl. The molecule has 11 nitrogen and oxygen atoms in total. The van der Waals surface area contributed by atoms with Crippen molar-refractivity contribution in [3.8, 4) is 34.4 Å². The van der Waals surface area contributed by atoms with Crippen LogP contribution in [0.2, 0.25) is 0 Å². The fourth-order valence-electron chi connectivity index (χ4n) is 6.91. The zero-order chi connectivity index (χ0) is 41.0. The summed E-state index contributed by atoms with van der Waals surface area (Å²) in [5.41, 5.74) is 5.37. The summed E-state index contributed by atoms with van der Waals surface area (Å²) < 4.78 is 62.0. The van der Waals surface area contributed by atoms with Gasteiger partial charge in [0.1, 0.15) is 29.9 Å². The molecule has 0 saturated carbocycles. The monoisotopic (exact) mass is 826 g/mol. The van der Waals surface area contributed by atoms with Crippen molar-refractivity contribution in [1.82, 2.24) is 10.6 Å². The van der Waals surface area contributed by atoms with Crippen molar-refractivity contribution < 1.29 is 46.5 Å². The number of esters is 1. The second-order valence-electron chi connectivity index (χ2n) is 13.8. The maximum atomic E-state index is 13.5. The Bertz CT molecular complexity index is 2390. The second kappa shape index (κ2) is 17.9. The first-order chi connectivity index (χ1) is 27.9. The van der Waals surface area contributed by atoms with Crippen molar-refractivity contribution in [2.75, 3.05) is 19.5 Å². The number of nitrogens with one attached hydrogen (secondary N) is 3. The summed E-state index contributed by atoms with van der Waals surface area (Å²) in [6, 6.07) is 29.2. The number of hydrogen-bond donors (Lipinski definition) is 3. The van der Waals surface area contributed by atoms with E-state index in [-0.39, 0.29) is 43.5 Å². The van der Waals surface area contributed by atoms with Crippen LogP contribution in [0.3, 0.4) is 0 Å². The molecular weight excluding hydrogens is 789 g/mol. The minimum absolute atomic E-state index is 0. The summed E-state index contributed by atoms with van der Waals surface area (Å²) in [7, 11) is 2.44. The Hall–Kier alpha value is -6.56. The van der Waals surface area contributed by atoms with E-state index in [1.165, 1.54) is 26.4 Å². The quantitative estimate of drug-likeness (QED) is 0.117. The fraction of sp³-hybridized carbons (Fsp3) is 0.227. The molecule has 3 atom stereocenters. The third-order valence-corrected chi connectivity index (χ3v) is 10.0. The molecule has 3 N–H and O–H groups in total. The molecule has 15 heteroatoms. The van der Waals surface area contributed by atoms with Crippen LogP contribution in [0.1, 0.15) is 45.0 Å². The lowest BCUT2D eigenvalue weighted by molar-refractivity contribution is -0.145. The van der Waals surface area contributed by atoms with E-state index in [0.717, 1.165) is 33.9 Å². The molecule has 0 saturated heterocycles. The smallest absolute Gasteiger partial charge is 0.419 e. The number of fused-ring (bicyclic) bond motifs is 2. The number of benzene rings is 5.